The van der Waals surface area contributed by atoms with Crippen molar-refractivity contribution in [1.29, 1.82) is 0 Å². The molecule has 172 valence electrons. The zero-order valence-corrected chi connectivity index (χ0v) is 19.5. The molecular formula is C29H34N2O2. The molecule has 0 amide bonds. The van der Waals surface area contributed by atoms with Crippen molar-refractivity contribution in [3.63, 3.8) is 0 Å². The van der Waals surface area contributed by atoms with Crippen molar-refractivity contribution in [2.45, 2.75) is 37.8 Å². The molecule has 2 unspecified atom stereocenters. The summed E-state index contributed by atoms with van der Waals surface area (Å²) in [5.74, 6) is 1.86. The molecule has 2 atom stereocenters. The van der Waals surface area contributed by atoms with E-state index in [9.17, 15) is 0 Å². The first kappa shape index (κ1) is 21.8. The third-order valence-electron chi connectivity index (χ3n) is 7.12. The Kier molecular flexibility index (Phi) is 6.82. The van der Waals surface area contributed by atoms with E-state index in [1.165, 1.54) is 29.7 Å². The average Bonchev–Trinajstić information content (AvgIpc) is 3.42. The minimum absolute atomic E-state index is 0.347. The summed E-state index contributed by atoms with van der Waals surface area (Å²) >= 11 is 0. The fourth-order valence-electron chi connectivity index (χ4n) is 5.33. The molecule has 0 aromatic heterocycles. The molecule has 5 rings (SSSR count). The van der Waals surface area contributed by atoms with Crippen molar-refractivity contribution >= 4 is 5.69 Å². The van der Waals surface area contributed by atoms with Gasteiger partial charge in [-0.2, -0.15) is 0 Å². The van der Waals surface area contributed by atoms with Crippen LogP contribution in [0, 0.1) is 0 Å². The third-order valence-corrected chi connectivity index (χ3v) is 7.12. The number of likely N-dealkylation sites (tertiary alicyclic amines) is 1. The number of anilines is 1. The maximum Gasteiger partial charge on any atom is 0.119 e. The van der Waals surface area contributed by atoms with Gasteiger partial charge >= 0.3 is 0 Å². The largest absolute Gasteiger partial charge is 0.497 e. The predicted octanol–water partition coefficient (Wildman–Crippen LogP) is 5.73. The van der Waals surface area contributed by atoms with Crippen LogP contribution in [0.2, 0.25) is 0 Å². The van der Waals surface area contributed by atoms with Crippen molar-refractivity contribution in [2.75, 3.05) is 38.3 Å². The van der Waals surface area contributed by atoms with Crippen LogP contribution < -0.4 is 14.4 Å². The van der Waals surface area contributed by atoms with Gasteiger partial charge in [0.05, 0.1) is 19.2 Å². The summed E-state index contributed by atoms with van der Waals surface area (Å²) in [6, 6.07) is 28.5. The normalized spacial score (nSPS) is 19.2. The molecule has 3 aromatic carbocycles. The van der Waals surface area contributed by atoms with Crippen LogP contribution in [0.3, 0.4) is 0 Å². The second-order valence-corrected chi connectivity index (χ2v) is 9.13. The Labute approximate surface area is 197 Å². The maximum absolute atomic E-state index is 6.30. The van der Waals surface area contributed by atoms with Gasteiger partial charge in [0.1, 0.15) is 18.1 Å². The number of hydrogen-bond donors (Lipinski definition) is 0. The Bertz CT molecular complexity index is 1020. The van der Waals surface area contributed by atoms with Crippen LogP contribution in [0.4, 0.5) is 5.69 Å². The Morgan fingerprint density at radius 3 is 2.33 bits per heavy atom. The summed E-state index contributed by atoms with van der Waals surface area (Å²) in [4.78, 5) is 5.27. The van der Waals surface area contributed by atoms with Crippen molar-refractivity contribution < 1.29 is 9.47 Å². The second kappa shape index (κ2) is 10.3. The molecule has 0 saturated carbocycles. The van der Waals surface area contributed by atoms with Crippen LogP contribution in [-0.4, -0.2) is 44.3 Å². The van der Waals surface area contributed by atoms with E-state index in [-0.39, 0.29) is 0 Å². The van der Waals surface area contributed by atoms with E-state index in [4.69, 9.17) is 9.47 Å². The standard InChI is InChI=1S/C29H34N2O2/c1-32-26-16-13-24(14-17-26)29-18-15-23-9-5-6-12-28(23)31(29)21-25(30-19-7-8-20-30)22-33-27-10-3-2-4-11-27/h2-6,9-14,16-17,25,29H,7-8,15,18-22H2,1H3. The summed E-state index contributed by atoms with van der Waals surface area (Å²) in [6.45, 7) is 3.98. The van der Waals surface area contributed by atoms with Crippen LogP contribution in [0.5, 0.6) is 11.5 Å². The molecule has 1 fully saturated rings. The summed E-state index contributed by atoms with van der Waals surface area (Å²) in [7, 11) is 1.73. The molecule has 4 heteroatoms. The van der Waals surface area contributed by atoms with Gasteiger partial charge in [0.15, 0.2) is 0 Å². The summed E-state index contributed by atoms with van der Waals surface area (Å²) in [5.41, 5.74) is 4.18. The molecule has 0 radical (unpaired) electrons. The minimum atomic E-state index is 0.347. The van der Waals surface area contributed by atoms with Gasteiger partial charge in [-0.25, -0.2) is 0 Å². The van der Waals surface area contributed by atoms with E-state index in [1.807, 2.05) is 18.2 Å². The second-order valence-electron chi connectivity index (χ2n) is 9.13. The summed E-state index contributed by atoms with van der Waals surface area (Å²) in [5, 5.41) is 0. The number of ether oxygens (including phenoxy) is 2. The van der Waals surface area contributed by atoms with E-state index in [0.29, 0.717) is 18.7 Å². The van der Waals surface area contributed by atoms with Crippen molar-refractivity contribution in [2.24, 2.45) is 0 Å². The lowest BCUT2D eigenvalue weighted by molar-refractivity contribution is 0.160. The molecule has 2 aliphatic heterocycles. The van der Waals surface area contributed by atoms with E-state index in [1.54, 1.807) is 7.11 Å². The molecule has 1 saturated heterocycles. The predicted molar refractivity (Wildman–Crippen MR) is 134 cm³/mol. The lowest BCUT2D eigenvalue weighted by Gasteiger charge is -2.42. The van der Waals surface area contributed by atoms with E-state index in [0.717, 1.165) is 44.0 Å². The van der Waals surface area contributed by atoms with Gasteiger partial charge in [-0.1, -0.05) is 48.5 Å². The average molecular weight is 443 g/mol. The Morgan fingerprint density at radius 2 is 1.58 bits per heavy atom. The number of rotatable bonds is 8. The SMILES string of the molecule is COc1ccc(C2CCc3ccccc3N2CC(COc2ccccc2)N2CCCC2)cc1. The third kappa shape index (κ3) is 5.01. The first-order valence-corrected chi connectivity index (χ1v) is 12.2. The quantitative estimate of drug-likeness (QED) is 0.445. The van der Waals surface area contributed by atoms with Crippen molar-refractivity contribution in [1.82, 2.24) is 4.90 Å². The maximum atomic E-state index is 6.30. The van der Waals surface area contributed by atoms with Gasteiger partial charge in [0.25, 0.3) is 0 Å². The fourth-order valence-corrected chi connectivity index (χ4v) is 5.33. The van der Waals surface area contributed by atoms with Gasteiger partial charge in [0, 0.05) is 12.2 Å². The highest BCUT2D eigenvalue weighted by Gasteiger charge is 2.32. The monoisotopic (exact) mass is 442 g/mol. The van der Waals surface area contributed by atoms with Gasteiger partial charge in [-0.05, 0) is 80.2 Å². The van der Waals surface area contributed by atoms with Crippen LogP contribution in [0.15, 0.2) is 78.9 Å². The van der Waals surface area contributed by atoms with E-state index in [2.05, 4.69) is 70.5 Å². The zero-order valence-electron chi connectivity index (χ0n) is 19.5. The molecule has 2 aliphatic rings. The summed E-state index contributed by atoms with van der Waals surface area (Å²) in [6.07, 6.45) is 4.79. The lowest BCUT2D eigenvalue weighted by atomic mass is 9.90. The zero-order chi connectivity index (χ0) is 22.5. The highest BCUT2D eigenvalue weighted by atomic mass is 16.5. The molecule has 2 heterocycles. The van der Waals surface area contributed by atoms with Gasteiger partial charge in [-0.15, -0.1) is 0 Å². The number of fused-ring (bicyclic) bond motifs is 1. The van der Waals surface area contributed by atoms with Gasteiger partial charge in [-0.3, -0.25) is 4.90 Å². The van der Waals surface area contributed by atoms with Crippen LogP contribution in [-0.2, 0) is 6.42 Å². The topological polar surface area (TPSA) is 24.9 Å². The number of hydrogen-bond acceptors (Lipinski definition) is 4. The number of aryl methyl sites for hydroxylation is 1. The fraction of sp³-hybridized carbons (Fsp3) is 0.379. The minimum Gasteiger partial charge on any atom is -0.497 e. The molecule has 4 nitrogen and oxygen atoms in total. The molecule has 3 aromatic rings. The Morgan fingerprint density at radius 1 is 0.848 bits per heavy atom. The smallest absolute Gasteiger partial charge is 0.119 e. The van der Waals surface area contributed by atoms with Crippen LogP contribution in [0.25, 0.3) is 0 Å². The van der Waals surface area contributed by atoms with Crippen molar-refractivity contribution in [3.8, 4) is 11.5 Å². The Hall–Kier alpha value is -2.98. The van der Waals surface area contributed by atoms with E-state index >= 15 is 0 Å². The van der Waals surface area contributed by atoms with Crippen LogP contribution in [0.1, 0.15) is 36.4 Å². The molecule has 0 spiro atoms. The first-order chi connectivity index (χ1) is 16.3. The van der Waals surface area contributed by atoms with Gasteiger partial charge in [0.2, 0.25) is 0 Å². The van der Waals surface area contributed by atoms with Crippen LogP contribution >= 0.6 is 0 Å². The van der Waals surface area contributed by atoms with Crippen molar-refractivity contribution in [3.05, 3.63) is 90.0 Å². The molecule has 0 aliphatic carbocycles. The van der Waals surface area contributed by atoms with E-state index < -0.39 is 0 Å². The summed E-state index contributed by atoms with van der Waals surface area (Å²) < 4.78 is 11.7. The molecule has 0 N–H and O–H groups in total. The molecule has 33 heavy (non-hydrogen) atoms. The number of nitrogens with zero attached hydrogens (tertiary/aromatic N) is 2. The number of methoxy groups -OCH3 is 1. The molecular weight excluding hydrogens is 408 g/mol. The first-order valence-electron chi connectivity index (χ1n) is 12.2. The highest BCUT2D eigenvalue weighted by molar-refractivity contribution is 5.58. The number of benzene rings is 3. The van der Waals surface area contributed by atoms with Gasteiger partial charge < -0.3 is 14.4 Å². The highest BCUT2D eigenvalue weighted by Crippen LogP contribution is 2.39. The Balaban J connectivity index is 1.43. The molecule has 0 bridgehead atoms. The lowest BCUT2D eigenvalue weighted by Crippen LogP contribution is -2.48. The number of para-hydroxylation sites is 2.